The molecule has 0 radical (unpaired) electrons. The van der Waals surface area contributed by atoms with Gasteiger partial charge in [0.05, 0.1) is 10.6 Å². The van der Waals surface area contributed by atoms with Gasteiger partial charge < -0.3 is 5.32 Å². The fourth-order valence-corrected chi connectivity index (χ4v) is 3.21. The lowest BCUT2D eigenvalue weighted by Crippen LogP contribution is -2.39. The summed E-state index contributed by atoms with van der Waals surface area (Å²) >= 11 is 0. The van der Waals surface area contributed by atoms with E-state index in [9.17, 15) is 26.4 Å². The molecule has 0 aliphatic carbocycles. The minimum atomic E-state index is -4.61. The lowest BCUT2D eigenvalue weighted by molar-refractivity contribution is -0.154. The fourth-order valence-electron chi connectivity index (χ4n) is 1.72. The zero-order chi connectivity index (χ0) is 16.3. The van der Waals surface area contributed by atoms with Crippen molar-refractivity contribution in [2.75, 3.05) is 5.75 Å². The lowest BCUT2D eigenvalue weighted by Gasteiger charge is -2.15. The SMILES string of the molecule is Cc1ccc(S(=O)(=O)CC(C)NC(=O)CC(F)(F)F)cc1. The van der Waals surface area contributed by atoms with Crippen LogP contribution in [-0.4, -0.2) is 32.3 Å². The van der Waals surface area contributed by atoms with E-state index >= 15 is 0 Å². The Morgan fingerprint density at radius 3 is 2.24 bits per heavy atom. The molecule has 0 aliphatic rings. The Kier molecular flexibility index (Phi) is 5.38. The molecule has 0 heterocycles. The Morgan fingerprint density at radius 2 is 1.76 bits per heavy atom. The molecule has 21 heavy (non-hydrogen) atoms. The predicted octanol–water partition coefficient (Wildman–Crippen LogP) is 2.23. The van der Waals surface area contributed by atoms with Crippen LogP contribution in [0.3, 0.4) is 0 Å². The molecule has 0 bridgehead atoms. The van der Waals surface area contributed by atoms with E-state index in [4.69, 9.17) is 0 Å². The van der Waals surface area contributed by atoms with Crippen molar-refractivity contribution in [2.45, 2.75) is 37.4 Å². The first-order valence-electron chi connectivity index (χ1n) is 6.15. The van der Waals surface area contributed by atoms with Crippen LogP contribution in [0, 0.1) is 6.92 Å². The van der Waals surface area contributed by atoms with Crippen molar-refractivity contribution >= 4 is 15.7 Å². The molecule has 8 heteroatoms. The van der Waals surface area contributed by atoms with Gasteiger partial charge in [0.1, 0.15) is 6.42 Å². The minimum absolute atomic E-state index is 0.0741. The summed E-state index contributed by atoms with van der Waals surface area (Å²) in [6.07, 6.45) is -6.23. The summed E-state index contributed by atoms with van der Waals surface area (Å²) in [5.74, 6) is -1.70. The number of carbonyl (C=O) groups excluding carboxylic acids is 1. The second kappa shape index (κ2) is 6.46. The topological polar surface area (TPSA) is 63.2 Å². The third-order valence-electron chi connectivity index (χ3n) is 2.62. The molecule has 1 N–H and O–H groups in total. The molecule has 1 aromatic rings. The molecule has 1 rings (SSSR count). The number of sulfone groups is 1. The van der Waals surface area contributed by atoms with Crippen molar-refractivity contribution in [3.05, 3.63) is 29.8 Å². The summed E-state index contributed by atoms with van der Waals surface area (Å²) in [4.78, 5) is 11.2. The average Bonchev–Trinajstić information content (AvgIpc) is 2.25. The molecule has 1 atom stereocenters. The van der Waals surface area contributed by atoms with Crippen LogP contribution in [-0.2, 0) is 14.6 Å². The standard InChI is InChI=1S/C13H16F3NO3S/c1-9-3-5-11(6-4-9)21(19,20)8-10(2)17-12(18)7-13(14,15)16/h3-6,10H,7-8H2,1-2H3,(H,17,18). The van der Waals surface area contributed by atoms with E-state index < -0.39 is 40.1 Å². The second-order valence-corrected chi connectivity index (χ2v) is 6.89. The maximum atomic E-state index is 12.0. The van der Waals surface area contributed by atoms with Crippen molar-refractivity contribution in [2.24, 2.45) is 0 Å². The molecule has 118 valence electrons. The maximum Gasteiger partial charge on any atom is 0.397 e. The zero-order valence-electron chi connectivity index (χ0n) is 11.6. The van der Waals surface area contributed by atoms with E-state index in [2.05, 4.69) is 0 Å². The highest BCUT2D eigenvalue weighted by atomic mass is 32.2. The molecule has 0 aromatic heterocycles. The largest absolute Gasteiger partial charge is 0.397 e. The minimum Gasteiger partial charge on any atom is -0.352 e. The molecule has 4 nitrogen and oxygen atoms in total. The molecule has 0 saturated carbocycles. The van der Waals surface area contributed by atoms with Crippen molar-refractivity contribution < 1.29 is 26.4 Å². The second-order valence-electron chi connectivity index (χ2n) is 4.85. The Morgan fingerprint density at radius 1 is 1.24 bits per heavy atom. The van der Waals surface area contributed by atoms with E-state index in [-0.39, 0.29) is 4.90 Å². The number of nitrogens with one attached hydrogen (secondary N) is 1. The lowest BCUT2D eigenvalue weighted by atomic mass is 10.2. The molecule has 1 aromatic carbocycles. The third-order valence-corrected chi connectivity index (χ3v) is 4.55. The first-order chi connectivity index (χ1) is 9.49. The van der Waals surface area contributed by atoms with Crippen molar-refractivity contribution in [3.63, 3.8) is 0 Å². The molecule has 1 amide bonds. The maximum absolute atomic E-state index is 12.0. The van der Waals surface area contributed by atoms with Gasteiger partial charge in [-0.2, -0.15) is 13.2 Å². The van der Waals surface area contributed by atoms with Gasteiger partial charge in [-0.1, -0.05) is 17.7 Å². The average molecular weight is 323 g/mol. The first-order valence-corrected chi connectivity index (χ1v) is 7.80. The monoisotopic (exact) mass is 323 g/mol. The number of amides is 1. The van der Waals surface area contributed by atoms with Gasteiger partial charge in [-0.25, -0.2) is 8.42 Å². The van der Waals surface area contributed by atoms with E-state index in [0.29, 0.717) is 0 Å². The van der Waals surface area contributed by atoms with E-state index in [0.717, 1.165) is 5.56 Å². The summed E-state index contributed by atoms with van der Waals surface area (Å²) < 4.78 is 60.1. The number of carbonyl (C=O) groups is 1. The van der Waals surface area contributed by atoms with Gasteiger partial charge in [0, 0.05) is 6.04 Å². The van der Waals surface area contributed by atoms with Crippen molar-refractivity contribution in [1.82, 2.24) is 5.32 Å². The number of rotatable bonds is 5. The Bertz CT molecular complexity index is 594. The number of aryl methyl sites for hydroxylation is 1. The quantitative estimate of drug-likeness (QED) is 0.904. The number of halogens is 3. The fraction of sp³-hybridized carbons (Fsp3) is 0.462. The Hall–Kier alpha value is -1.57. The molecule has 0 saturated heterocycles. The van der Waals surface area contributed by atoms with Crippen LogP contribution in [0.5, 0.6) is 0 Å². The summed E-state index contributed by atoms with van der Waals surface area (Å²) in [5, 5.41) is 2.04. The van der Waals surface area contributed by atoms with E-state index in [1.54, 1.807) is 19.1 Å². The molecule has 1 unspecified atom stereocenters. The van der Waals surface area contributed by atoms with Gasteiger partial charge in [0.2, 0.25) is 5.91 Å². The highest BCUT2D eigenvalue weighted by Crippen LogP contribution is 2.19. The van der Waals surface area contributed by atoms with Crippen molar-refractivity contribution in [1.29, 1.82) is 0 Å². The van der Waals surface area contributed by atoms with Gasteiger partial charge in [-0.15, -0.1) is 0 Å². The Balaban J connectivity index is 2.67. The van der Waals surface area contributed by atoms with Gasteiger partial charge in [0.15, 0.2) is 9.84 Å². The molecule has 0 aliphatic heterocycles. The molecular formula is C13H16F3NO3S. The van der Waals surface area contributed by atoms with Crippen LogP contribution >= 0.6 is 0 Å². The van der Waals surface area contributed by atoms with Crippen LogP contribution in [0.1, 0.15) is 18.9 Å². The molecule has 0 fully saturated rings. The Labute approximate surface area is 121 Å². The first kappa shape index (κ1) is 17.5. The molecular weight excluding hydrogens is 307 g/mol. The smallest absolute Gasteiger partial charge is 0.352 e. The number of hydrogen-bond donors (Lipinski definition) is 1. The third kappa shape index (κ3) is 6.16. The van der Waals surface area contributed by atoms with Crippen LogP contribution in [0.2, 0.25) is 0 Å². The summed E-state index contributed by atoms with van der Waals surface area (Å²) in [5.41, 5.74) is 0.889. The van der Waals surface area contributed by atoms with Gasteiger partial charge >= 0.3 is 6.18 Å². The highest BCUT2D eigenvalue weighted by molar-refractivity contribution is 7.91. The van der Waals surface area contributed by atoms with Gasteiger partial charge in [-0.3, -0.25) is 4.79 Å². The van der Waals surface area contributed by atoms with E-state index in [1.807, 2.05) is 5.32 Å². The summed E-state index contributed by atoms with van der Waals surface area (Å²) in [6.45, 7) is 3.15. The van der Waals surface area contributed by atoms with Crippen LogP contribution in [0.25, 0.3) is 0 Å². The summed E-state index contributed by atoms with van der Waals surface area (Å²) in [7, 11) is -3.66. The van der Waals surface area contributed by atoms with Crippen LogP contribution < -0.4 is 5.32 Å². The molecule has 0 spiro atoms. The zero-order valence-corrected chi connectivity index (χ0v) is 12.4. The van der Waals surface area contributed by atoms with E-state index in [1.165, 1.54) is 19.1 Å². The van der Waals surface area contributed by atoms with Crippen LogP contribution in [0.4, 0.5) is 13.2 Å². The van der Waals surface area contributed by atoms with Gasteiger partial charge in [0.25, 0.3) is 0 Å². The van der Waals surface area contributed by atoms with Crippen LogP contribution in [0.15, 0.2) is 29.2 Å². The number of alkyl halides is 3. The van der Waals surface area contributed by atoms with Crippen molar-refractivity contribution in [3.8, 4) is 0 Å². The van der Waals surface area contributed by atoms with Gasteiger partial charge in [-0.05, 0) is 26.0 Å². The normalized spacial score (nSPS) is 13.8. The highest BCUT2D eigenvalue weighted by Gasteiger charge is 2.32. The summed E-state index contributed by atoms with van der Waals surface area (Å²) in [6, 6.07) is 5.19. The predicted molar refractivity (Wildman–Crippen MR) is 71.5 cm³/mol. The number of benzene rings is 1. The number of hydrogen-bond acceptors (Lipinski definition) is 3.